The van der Waals surface area contributed by atoms with Crippen LogP contribution in [0, 0.1) is 5.92 Å². The van der Waals surface area contributed by atoms with Crippen LogP contribution in [0.25, 0.3) is 0 Å². The van der Waals surface area contributed by atoms with Gasteiger partial charge in [-0.2, -0.15) is 0 Å². The van der Waals surface area contributed by atoms with Crippen LogP contribution in [0.2, 0.25) is 0 Å². The minimum atomic E-state index is -1.15. The van der Waals surface area contributed by atoms with Crippen molar-refractivity contribution in [1.82, 2.24) is 5.32 Å². The fourth-order valence-electron chi connectivity index (χ4n) is 1.92. The van der Waals surface area contributed by atoms with Crippen molar-refractivity contribution in [3.05, 3.63) is 0 Å². The van der Waals surface area contributed by atoms with Gasteiger partial charge in [0.1, 0.15) is 18.0 Å². The average molecular weight is 325 g/mol. The Hall–Kier alpha value is -2.25. The van der Waals surface area contributed by atoms with Gasteiger partial charge in [0.2, 0.25) is 5.91 Å². The Morgan fingerprint density at radius 2 is 2.00 bits per heavy atom. The van der Waals surface area contributed by atoms with Crippen molar-refractivity contribution in [2.75, 3.05) is 0 Å². The molecule has 0 aromatic carbocycles. The number of carbonyl (C=O) groups is 3. The molecule has 0 bridgehead atoms. The van der Waals surface area contributed by atoms with Gasteiger partial charge in [0.15, 0.2) is 0 Å². The lowest BCUT2D eigenvalue weighted by molar-refractivity contribution is -0.157. The number of carbonyl (C=O) groups excluding carboxylic acids is 2. The summed E-state index contributed by atoms with van der Waals surface area (Å²) in [5.41, 5.74) is -0.628. The molecule has 1 aliphatic rings. The monoisotopic (exact) mass is 325 g/mol. The smallest absolute Gasteiger partial charge is 0.326 e. The van der Waals surface area contributed by atoms with Crippen LogP contribution in [0.1, 0.15) is 40.5 Å². The SMILES string of the molecule is C[C@H](CC(=O)OC(C)(C)C)C(=O)N[C@@H](CC1C=NC=N1)C(=O)O. The van der Waals surface area contributed by atoms with Crippen molar-refractivity contribution in [1.29, 1.82) is 0 Å². The molecular weight excluding hydrogens is 302 g/mol. The van der Waals surface area contributed by atoms with E-state index in [0.717, 1.165) is 0 Å². The first-order valence-electron chi connectivity index (χ1n) is 7.38. The molecule has 0 saturated heterocycles. The highest BCUT2D eigenvalue weighted by atomic mass is 16.6. The minimum absolute atomic E-state index is 0.111. The van der Waals surface area contributed by atoms with Crippen molar-refractivity contribution in [2.24, 2.45) is 15.9 Å². The summed E-state index contributed by atoms with van der Waals surface area (Å²) >= 11 is 0. The summed E-state index contributed by atoms with van der Waals surface area (Å²) in [6.07, 6.45) is 2.86. The van der Waals surface area contributed by atoms with Crippen LogP contribution in [-0.4, -0.2) is 53.2 Å². The van der Waals surface area contributed by atoms with Crippen LogP contribution in [0.3, 0.4) is 0 Å². The summed E-state index contributed by atoms with van der Waals surface area (Å²) in [4.78, 5) is 42.8. The van der Waals surface area contributed by atoms with Gasteiger partial charge in [0.25, 0.3) is 0 Å². The molecule has 0 aromatic heterocycles. The molecule has 3 atom stereocenters. The number of nitrogens with one attached hydrogen (secondary N) is 1. The van der Waals surface area contributed by atoms with Crippen LogP contribution >= 0.6 is 0 Å². The summed E-state index contributed by atoms with van der Waals surface area (Å²) in [7, 11) is 0. The highest BCUT2D eigenvalue weighted by Crippen LogP contribution is 2.13. The molecular formula is C15H23N3O5. The number of rotatable bonds is 7. The summed E-state index contributed by atoms with van der Waals surface area (Å²) in [6.45, 7) is 6.76. The van der Waals surface area contributed by atoms with Gasteiger partial charge in [-0.1, -0.05) is 6.92 Å². The van der Waals surface area contributed by atoms with E-state index in [4.69, 9.17) is 4.74 Å². The number of aliphatic carboxylic acids is 1. The molecule has 1 aliphatic heterocycles. The van der Waals surface area contributed by atoms with E-state index in [-0.39, 0.29) is 18.9 Å². The molecule has 1 rings (SSSR count). The molecule has 23 heavy (non-hydrogen) atoms. The predicted octanol–water partition coefficient (Wildman–Crippen LogP) is 0.795. The Morgan fingerprint density at radius 3 is 2.48 bits per heavy atom. The zero-order valence-electron chi connectivity index (χ0n) is 13.8. The molecule has 8 heteroatoms. The Labute approximate surface area is 135 Å². The van der Waals surface area contributed by atoms with E-state index in [1.54, 1.807) is 27.7 Å². The normalized spacial score (nSPS) is 19.2. The third-order valence-corrected chi connectivity index (χ3v) is 3.02. The molecule has 2 N–H and O–H groups in total. The van der Waals surface area contributed by atoms with Gasteiger partial charge >= 0.3 is 11.9 Å². The summed E-state index contributed by atoms with van der Waals surface area (Å²) in [5.74, 6) is -2.85. The van der Waals surface area contributed by atoms with E-state index in [9.17, 15) is 19.5 Å². The maximum atomic E-state index is 12.1. The number of carboxylic acid groups (broad SMARTS) is 1. The third-order valence-electron chi connectivity index (χ3n) is 3.02. The lowest BCUT2D eigenvalue weighted by Crippen LogP contribution is -2.45. The van der Waals surface area contributed by atoms with E-state index in [1.165, 1.54) is 12.6 Å². The number of hydrogen-bond acceptors (Lipinski definition) is 6. The average Bonchev–Trinajstić information content (AvgIpc) is 2.88. The Morgan fingerprint density at radius 1 is 1.35 bits per heavy atom. The fraction of sp³-hybridized carbons (Fsp3) is 0.667. The van der Waals surface area contributed by atoms with Crippen LogP contribution in [-0.2, 0) is 19.1 Å². The first-order chi connectivity index (χ1) is 10.6. The van der Waals surface area contributed by atoms with Crippen molar-refractivity contribution >= 4 is 30.4 Å². The molecule has 0 saturated carbocycles. The van der Waals surface area contributed by atoms with Crippen LogP contribution in [0.15, 0.2) is 9.98 Å². The molecule has 0 fully saturated rings. The Bertz CT molecular complexity index is 510. The number of nitrogens with zero attached hydrogens (tertiary/aromatic N) is 2. The summed E-state index contributed by atoms with van der Waals surface area (Å²) in [6, 6.07) is -1.45. The van der Waals surface area contributed by atoms with Gasteiger partial charge in [0, 0.05) is 18.6 Å². The molecule has 0 aromatic rings. The predicted molar refractivity (Wildman–Crippen MR) is 84.6 cm³/mol. The number of hydrogen-bond donors (Lipinski definition) is 2. The van der Waals surface area contributed by atoms with Gasteiger partial charge < -0.3 is 15.2 Å². The molecule has 1 heterocycles. The van der Waals surface area contributed by atoms with Crippen molar-refractivity contribution in [3.63, 3.8) is 0 Å². The number of carboxylic acids is 1. The number of ether oxygens (including phenoxy) is 1. The molecule has 1 amide bonds. The second-order valence-electron chi connectivity index (χ2n) is 6.46. The first kappa shape index (κ1) is 18.8. The van der Waals surface area contributed by atoms with Crippen molar-refractivity contribution in [2.45, 2.75) is 58.2 Å². The van der Waals surface area contributed by atoms with Crippen molar-refractivity contribution < 1.29 is 24.2 Å². The highest BCUT2D eigenvalue weighted by molar-refractivity contribution is 5.88. The van der Waals surface area contributed by atoms with E-state index in [1.807, 2.05) is 0 Å². The lowest BCUT2D eigenvalue weighted by Gasteiger charge is -2.22. The standard InChI is InChI=1S/C15H23N3O5/c1-9(5-12(19)23-15(2,3)4)13(20)18-11(14(21)22)6-10-7-16-8-17-10/h7-11H,5-6H2,1-4H3,(H,18,20)(H,21,22)/t9-,10?,11+/m1/s1. The lowest BCUT2D eigenvalue weighted by atomic mass is 10.0. The zero-order chi connectivity index (χ0) is 17.6. The molecule has 128 valence electrons. The maximum Gasteiger partial charge on any atom is 0.326 e. The van der Waals surface area contributed by atoms with E-state index in [2.05, 4.69) is 15.3 Å². The number of amides is 1. The van der Waals surface area contributed by atoms with Crippen LogP contribution in [0.4, 0.5) is 0 Å². The quantitative estimate of drug-likeness (QED) is 0.671. The molecule has 0 aliphatic carbocycles. The second kappa shape index (κ2) is 7.85. The van der Waals surface area contributed by atoms with E-state index in [0.29, 0.717) is 0 Å². The second-order valence-corrected chi connectivity index (χ2v) is 6.46. The molecule has 0 radical (unpaired) electrons. The third kappa shape index (κ3) is 7.03. The maximum absolute atomic E-state index is 12.1. The number of esters is 1. The summed E-state index contributed by atoms with van der Waals surface area (Å²) < 4.78 is 5.15. The van der Waals surface area contributed by atoms with Crippen LogP contribution in [0.5, 0.6) is 0 Å². The van der Waals surface area contributed by atoms with Gasteiger partial charge in [-0.25, -0.2) is 9.79 Å². The minimum Gasteiger partial charge on any atom is -0.480 e. The molecule has 8 nitrogen and oxygen atoms in total. The largest absolute Gasteiger partial charge is 0.480 e. The van der Waals surface area contributed by atoms with Gasteiger partial charge in [-0.3, -0.25) is 14.6 Å². The Kier molecular flexibility index (Phi) is 6.41. The first-order valence-corrected chi connectivity index (χ1v) is 7.38. The topological polar surface area (TPSA) is 117 Å². The van der Waals surface area contributed by atoms with Gasteiger partial charge in [0.05, 0.1) is 12.5 Å². The molecule has 0 spiro atoms. The molecule has 1 unspecified atom stereocenters. The van der Waals surface area contributed by atoms with E-state index >= 15 is 0 Å². The zero-order valence-corrected chi connectivity index (χ0v) is 13.8. The number of aliphatic imine (C=N–C) groups is 2. The fourth-order valence-corrected chi connectivity index (χ4v) is 1.92. The highest BCUT2D eigenvalue weighted by Gasteiger charge is 2.28. The van der Waals surface area contributed by atoms with Crippen molar-refractivity contribution in [3.8, 4) is 0 Å². The van der Waals surface area contributed by atoms with Gasteiger partial charge in [-0.15, -0.1) is 0 Å². The van der Waals surface area contributed by atoms with Gasteiger partial charge in [-0.05, 0) is 20.8 Å². The van der Waals surface area contributed by atoms with E-state index < -0.39 is 35.4 Å². The Balaban J connectivity index is 2.53. The van der Waals surface area contributed by atoms with Crippen LogP contribution < -0.4 is 5.32 Å². The summed E-state index contributed by atoms with van der Waals surface area (Å²) in [5, 5.41) is 11.6.